The zero-order valence-corrected chi connectivity index (χ0v) is 12.3. The number of hydrogen-bond acceptors (Lipinski definition) is 3. The van der Waals surface area contributed by atoms with E-state index in [0.29, 0.717) is 5.75 Å². The topological polar surface area (TPSA) is 58.6 Å². The zero-order valence-electron chi connectivity index (χ0n) is 12.3. The van der Waals surface area contributed by atoms with Gasteiger partial charge in [-0.05, 0) is 35.6 Å². The van der Waals surface area contributed by atoms with Crippen LogP contribution in [0.15, 0.2) is 12.1 Å². The molecule has 4 nitrogen and oxygen atoms in total. The number of aryl methyl sites for hydroxylation is 1. The third-order valence-corrected chi connectivity index (χ3v) is 3.18. The minimum Gasteiger partial charge on any atom is -0.504 e. The standard InChI is InChI=1S/C15H23NO3/c1-6-11-7-14(19-5)13(18)8-12(11)15(9(2)3)16-10(4)17/h7-9,15,18H,6H2,1-5H3,(H,16,17). The second kappa shape index (κ2) is 6.45. The van der Waals surface area contributed by atoms with E-state index in [1.165, 1.54) is 14.0 Å². The molecule has 0 saturated heterocycles. The fraction of sp³-hybridized carbons (Fsp3) is 0.533. The zero-order chi connectivity index (χ0) is 14.6. The smallest absolute Gasteiger partial charge is 0.217 e. The quantitative estimate of drug-likeness (QED) is 0.860. The van der Waals surface area contributed by atoms with Crippen LogP contribution in [0.25, 0.3) is 0 Å². The molecular formula is C15H23NO3. The van der Waals surface area contributed by atoms with Gasteiger partial charge in [0, 0.05) is 6.92 Å². The Hall–Kier alpha value is -1.71. The molecule has 1 aromatic rings. The Balaban J connectivity index is 3.28. The fourth-order valence-corrected chi connectivity index (χ4v) is 2.21. The Morgan fingerprint density at radius 3 is 2.47 bits per heavy atom. The van der Waals surface area contributed by atoms with E-state index in [0.717, 1.165) is 17.5 Å². The van der Waals surface area contributed by atoms with E-state index in [9.17, 15) is 9.90 Å². The second-order valence-electron chi connectivity index (χ2n) is 5.00. The van der Waals surface area contributed by atoms with Crippen molar-refractivity contribution in [2.24, 2.45) is 5.92 Å². The van der Waals surface area contributed by atoms with Crippen LogP contribution >= 0.6 is 0 Å². The van der Waals surface area contributed by atoms with E-state index >= 15 is 0 Å². The van der Waals surface area contributed by atoms with Gasteiger partial charge >= 0.3 is 0 Å². The minimum atomic E-state index is -0.107. The van der Waals surface area contributed by atoms with Gasteiger partial charge in [0.15, 0.2) is 11.5 Å². The van der Waals surface area contributed by atoms with Crippen LogP contribution in [0.2, 0.25) is 0 Å². The van der Waals surface area contributed by atoms with Crippen molar-refractivity contribution in [3.8, 4) is 11.5 Å². The van der Waals surface area contributed by atoms with Crippen LogP contribution in [0.1, 0.15) is 44.9 Å². The number of amides is 1. The lowest BCUT2D eigenvalue weighted by molar-refractivity contribution is -0.120. The summed E-state index contributed by atoms with van der Waals surface area (Å²) in [5.41, 5.74) is 2.02. The molecule has 1 unspecified atom stereocenters. The maximum atomic E-state index is 11.3. The lowest BCUT2D eigenvalue weighted by Crippen LogP contribution is -2.30. The molecule has 1 rings (SSSR count). The van der Waals surface area contributed by atoms with Gasteiger partial charge in [-0.1, -0.05) is 20.8 Å². The lowest BCUT2D eigenvalue weighted by atomic mass is 9.90. The van der Waals surface area contributed by atoms with Crippen molar-refractivity contribution in [3.63, 3.8) is 0 Å². The number of phenols is 1. The summed E-state index contributed by atoms with van der Waals surface area (Å²) in [6.07, 6.45) is 0.814. The molecule has 0 aliphatic rings. The van der Waals surface area contributed by atoms with Gasteiger partial charge in [0.2, 0.25) is 5.91 Å². The third kappa shape index (κ3) is 3.63. The molecule has 1 amide bonds. The molecule has 0 aliphatic heterocycles. The molecule has 19 heavy (non-hydrogen) atoms. The predicted octanol–water partition coefficient (Wildman–Crippen LogP) is 2.80. The largest absolute Gasteiger partial charge is 0.504 e. The molecule has 0 aliphatic carbocycles. The fourth-order valence-electron chi connectivity index (χ4n) is 2.21. The molecule has 0 spiro atoms. The number of ether oxygens (including phenoxy) is 1. The van der Waals surface area contributed by atoms with Gasteiger partial charge in [-0.2, -0.15) is 0 Å². The van der Waals surface area contributed by atoms with Crippen molar-refractivity contribution in [3.05, 3.63) is 23.3 Å². The van der Waals surface area contributed by atoms with E-state index in [1.54, 1.807) is 6.07 Å². The van der Waals surface area contributed by atoms with Gasteiger partial charge in [0.25, 0.3) is 0 Å². The normalized spacial score (nSPS) is 12.3. The lowest BCUT2D eigenvalue weighted by Gasteiger charge is -2.25. The number of aromatic hydroxyl groups is 1. The van der Waals surface area contributed by atoms with Crippen LogP contribution in [0.3, 0.4) is 0 Å². The summed E-state index contributed by atoms with van der Waals surface area (Å²) in [6, 6.07) is 3.42. The predicted molar refractivity (Wildman–Crippen MR) is 75.4 cm³/mol. The number of carbonyl (C=O) groups excluding carboxylic acids is 1. The molecule has 0 aromatic heterocycles. The van der Waals surface area contributed by atoms with Crippen molar-refractivity contribution >= 4 is 5.91 Å². The summed E-state index contributed by atoms with van der Waals surface area (Å²) in [5, 5.41) is 12.9. The van der Waals surface area contributed by atoms with Crippen LogP contribution in [-0.4, -0.2) is 18.1 Å². The number of rotatable bonds is 5. The molecule has 0 heterocycles. The molecule has 2 N–H and O–H groups in total. The van der Waals surface area contributed by atoms with Gasteiger partial charge in [0.05, 0.1) is 13.2 Å². The van der Waals surface area contributed by atoms with Crippen LogP contribution in [0.4, 0.5) is 0 Å². The Morgan fingerprint density at radius 2 is 2.05 bits per heavy atom. The first kappa shape index (κ1) is 15.3. The van der Waals surface area contributed by atoms with Crippen LogP contribution in [-0.2, 0) is 11.2 Å². The van der Waals surface area contributed by atoms with Gasteiger partial charge in [-0.25, -0.2) is 0 Å². The molecule has 0 bridgehead atoms. The Kier molecular flexibility index (Phi) is 5.21. The monoisotopic (exact) mass is 265 g/mol. The van der Waals surface area contributed by atoms with E-state index in [1.807, 2.05) is 26.8 Å². The number of hydrogen-bond donors (Lipinski definition) is 2. The van der Waals surface area contributed by atoms with Crippen molar-refractivity contribution in [1.82, 2.24) is 5.32 Å². The van der Waals surface area contributed by atoms with Gasteiger partial charge < -0.3 is 15.2 Å². The van der Waals surface area contributed by atoms with Gasteiger partial charge in [0.1, 0.15) is 0 Å². The average molecular weight is 265 g/mol. The van der Waals surface area contributed by atoms with Crippen molar-refractivity contribution in [2.45, 2.75) is 40.2 Å². The van der Waals surface area contributed by atoms with Gasteiger partial charge in [-0.3, -0.25) is 4.79 Å². The molecule has 4 heteroatoms. The van der Waals surface area contributed by atoms with Crippen molar-refractivity contribution in [1.29, 1.82) is 0 Å². The van der Waals surface area contributed by atoms with E-state index in [-0.39, 0.29) is 23.6 Å². The number of carbonyl (C=O) groups is 1. The number of phenolic OH excluding ortho intramolecular Hbond substituents is 1. The summed E-state index contributed by atoms with van der Waals surface area (Å²) in [6.45, 7) is 7.63. The maximum absolute atomic E-state index is 11.3. The molecule has 1 aromatic carbocycles. The first-order valence-electron chi connectivity index (χ1n) is 6.57. The van der Waals surface area contributed by atoms with E-state index in [2.05, 4.69) is 5.32 Å². The highest BCUT2D eigenvalue weighted by atomic mass is 16.5. The molecule has 1 atom stereocenters. The Morgan fingerprint density at radius 1 is 1.42 bits per heavy atom. The Bertz CT molecular complexity index is 455. The first-order valence-corrected chi connectivity index (χ1v) is 6.57. The highest BCUT2D eigenvalue weighted by Crippen LogP contribution is 2.35. The van der Waals surface area contributed by atoms with E-state index in [4.69, 9.17) is 4.74 Å². The minimum absolute atomic E-state index is 0.0731. The van der Waals surface area contributed by atoms with Crippen LogP contribution in [0, 0.1) is 5.92 Å². The summed E-state index contributed by atoms with van der Waals surface area (Å²) in [5.74, 6) is 0.731. The summed E-state index contributed by atoms with van der Waals surface area (Å²) in [7, 11) is 1.53. The molecule has 0 saturated carbocycles. The second-order valence-corrected chi connectivity index (χ2v) is 5.00. The SMILES string of the molecule is CCc1cc(OC)c(O)cc1C(NC(C)=O)C(C)C. The van der Waals surface area contributed by atoms with Crippen molar-refractivity contribution in [2.75, 3.05) is 7.11 Å². The maximum Gasteiger partial charge on any atom is 0.217 e. The van der Waals surface area contributed by atoms with Crippen LogP contribution in [0.5, 0.6) is 11.5 Å². The highest BCUT2D eigenvalue weighted by Gasteiger charge is 2.21. The van der Waals surface area contributed by atoms with Crippen molar-refractivity contribution < 1.29 is 14.6 Å². The molecule has 0 fully saturated rings. The molecule has 0 radical (unpaired) electrons. The Labute approximate surface area is 114 Å². The first-order chi connectivity index (χ1) is 8.90. The summed E-state index contributed by atoms with van der Waals surface area (Å²) >= 11 is 0. The van der Waals surface area contributed by atoms with Crippen LogP contribution < -0.4 is 10.1 Å². The third-order valence-electron chi connectivity index (χ3n) is 3.18. The summed E-state index contributed by atoms with van der Waals surface area (Å²) in [4.78, 5) is 11.3. The average Bonchev–Trinajstić information content (AvgIpc) is 2.35. The molecule has 106 valence electrons. The highest BCUT2D eigenvalue weighted by molar-refractivity contribution is 5.73. The number of methoxy groups -OCH3 is 1. The summed E-state index contributed by atoms with van der Waals surface area (Å²) < 4.78 is 5.13. The number of nitrogens with one attached hydrogen (secondary N) is 1. The van der Waals surface area contributed by atoms with Gasteiger partial charge in [-0.15, -0.1) is 0 Å². The van der Waals surface area contributed by atoms with E-state index < -0.39 is 0 Å². The molecular weight excluding hydrogens is 242 g/mol. The number of benzene rings is 1.